The zero-order chi connectivity index (χ0) is 25.4. The Bertz CT molecular complexity index is 796. The number of pyridine rings is 1. The Labute approximate surface area is 223 Å². The highest BCUT2D eigenvalue weighted by molar-refractivity contribution is 5.59. The smallest absolute Gasteiger partial charge is 0.0702 e. The van der Waals surface area contributed by atoms with Crippen molar-refractivity contribution in [2.24, 2.45) is 11.8 Å². The minimum absolute atomic E-state index is 0.763. The predicted octanol–water partition coefficient (Wildman–Crippen LogP) is 11.3. The summed E-state index contributed by atoms with van der Waals surface area (Å²) in [5.74, 6) is 2.62. The SMILES string of the molecule is CCCCCCCCc1ccc(-c2ccc(C3CCC(CCCCCCCC(C)C)CC3)cc2)nc1. The quantitative estimate of drug-likeness (QED) is 0.201. The van der Waals surface area contributed by atoms with Crippen LogP contribution in [0.15, 0.2) is 42.6 Å². The van der Waals surface area contributed by atoms with Crippen molar-refractivity contribution in [2.75, 3.05) is 0 Å². The van der Waals surface area contributed by atoms with Crippen molar-refractivity contribution in [1.29, 1.82) is 0 Å². The maximum absolute atomic E-state index is 4.79. The minimum Gasteiger partial charge on any atom is -0.256 e. The molecule has 0 atom stereocenters. The van der Waals surface area contributed by atoms with E-state index in [1.165, 1.54) is 127 Å². The van der Waals surface area contributed by atoms with Crippen LogP contribution in [0.4, 0.5) is 0 Å². The Kier molecular flexibility index (Phi) is 13.7. The maximum atomic E-state index is 4.79. The Morgan fingerprint density at radius 2 is 1.39 bits per heavy atom. The van der Waals surface area contributed by atoms with Gasteiger partial charge in [-0.1, -0.05) is 128 Å². The van der Waals surface area contributed by atoms with Crippen LogP contribution in [-0.4, -0.2) is 4.98 Å². The van der Waals surface area contributed by atoms with E-state index in [-0.39, 0.29) is 0 Å². The largest absolute Gasteiger partial charge is 0.256 e. The lowest BCUT2D eigenvalue weighted by molar-refractivity contribution is 0.301. The molecule has 36 heavy (non-hydrogen) atoms. The van der Waals surface area contributed by atoms with Crippen LogP contribution in [-0.2, 0) is 6.42 Å². The van der Waals surface area contributed by atoms with Gasteiger partial charge >= 0.3 is 0 Å². The van der Waals surface area contributed by atoms with Gasteiger partial charge in [0.15, 0.2) is 0 Å². The summed E-state index contributed by atoms with van der Waals surface area (Å²) in [7, 11) is 0. The van der Waals surface area contributed by atoms with Gasteiger partial charge in [-0.3, -0.25) is 4.98 Å². The lowest BCUT2D eigenvalue weighted by Crippen LogP contribution is -2.13. The van der Waals surface area contributed by atoms with Gasteiger partial charge in [-0.15, -0.1) is 0 Å². The number of rotatable bonds is 17. The number of hydrogen-bond donors (Lipinski definition) is 0. The first-order valence-electron chi connectivity index (χ1n) is 15.7. The zero-order valence-corrected chi connectivity index (χ0v) is 23.9. The van der Waals surface area contributed by atoms with Gasteiger partial charge in [-0.2, -0.15) is 0 Å². The van der Waals surface area contributed by atoms with E-state index in [0.717, 1.165) is 23.4 Å². The highest BCUT2D eigenvalue weighted by Gasteiger charge is 2.22. The van der Waals surface area contributed by atoms with Crippen molar-refractivity contribution in [3.05, 3.63) is 53.7 Å². The molecular weight excluding hydrogens is 434 g/mol. The van der Waals surface area contributed by atoms with Crippen molar-refractivity contribution in [3.8, 4) is 11.3 Å². The van der Waals surface area contributed by atoms with Crippen LogP contribution in [0.3, 0.4) is 0 Å². The molecule has 3 rings (SSSR count). The summed E-state index contributed by atoms with van der Waals surface area (Å²) in [5.41, 5.74) is 5.30. The fraction of sp³-hybridized carbons (Fsp3) is 0.686. The summed E-state index contributed by atoms with van der Waals surface area (Å²) < 4.78 is 0. The highest BCUT2D eigenvalue weighted by Crippen LogP contribution is 2.38. The van der Waals surface area contributed by atoms with Crippen molar-refractivity contribution < 1.29 is 0 Å². The second-order valence-electron chi connectivity index (χ2n) is 12.1. The summed E-state index contributed by atoms with van der Waals surface area (Å²) in [5, 5.41) is 0. The molecule has 0 unspecified atom stereocenters. The van der Waals surface area contributed by atoms with Gasteiger partial charge in [0, 0.05) is 11.8 Å². The van der Waals surface area contributed by atoms with E-state index in [4.69, 9.17) is 4.98 Å². The molecule has 0 bridgehead atoms. The van der Waals surface area contributed by atoms with Gasteiger partial charge in [0.2, 0.25) is 0 Å². The van der Waals surface area contributed by atoms with Gasteiger partial charge in [0.05, 0.1) is 5.69 Å². The third kappa shape index (κ3) is 10.8. The second kappa shape index (κ2) is 17.0. The molecule has 1 aromatic heterocycles. The first kappa shape index (κ1) is 28.9. The van der Waals surface area contributed by atoms with Gasteiger partial charge < -0.3 is 0 Å². The van der Waals surface area contributed by atoms with Crippen molar-refractivity contribution in [1.82, 2.24) is 4.98 Å². The average molecular weight is 490 g/mol. The lowest BCUT2D eigenvalue weighted by atomic mass is 9.77. The Morgan fingerprint density at radius 1 is 0.722 bits per heavy atom. The lowest BCUT2D eigenvalue weighted by Gasteiger charge is -2.29. The topological polar surface area (TPSA) is 12.9 Å². The molecule has 200 valence electrons. The van der Waals surface area contributed by atoms with E-state index in [0.29, 0.717) is 0 Å². The average Bonchev–Trinajstić information content (AvgIpc) is 2.91. The molecule has 0 radical (unpaired) electrons. The normalized spacial score (nSPS) is 18.1. The molecule has 1 aromatic carbocycles. The first-order chi connectivity index (χ1) is 17.7. The molecule has 1 saturated carbocycles. The fourth-order valence-electron chi connectivity index (χ4n) is 6.08. The Morgan fingerprint density at radius 3 is 2.06 bits per heavy atom. The van der Waals surface area contributed by atoms with E-state index in [2.05, 4.69) is 63.4 Å². The van der Waals surface area contributed by atoms with Crippen molar-refractivity contribution in [2.45, 2.75) is 142 Å². The van der Waals surface area contributed by atoms with Gasteiger partial charge in [-0.05, 0) is 73.5 Å². The van der Waals surface area contributed by atoms with Crippen molar-refractivity contribution in [3.63, 3.8) is 0 Å². The number of hydrogen-bond acceptors (Lipinski definition) is 1. The molecule has 1 nitrogen and oxygen atoms in total. The van der Waals surface area contributed by atoms with E-state index in [1.807, 2.05) is 0 Å². The van der Waals surface area contributed by atoms with Crippen LogP contribution >= 0.6 is 0 Å². The number of aromatic nitrogens is 1. The van der Waals surface area contributed by atoms with E-state index in [1.54, 1.807) is 5.56 Å². The van der Waals surface area contributed by atoms with E-state index >= 15 is 0 Å². The van der Waals surface area contributed by atoms with E-state index in [9.17, 15) is 0 Å². The Hall–Kier alpha value is -1.63. The van der Waals surface area contributed by atoms with Crippen molar-refractivity contribution >= 4 is 0 Å². The van der Waals surface area contributed by atoms with Gasteiger partial charge in [0.1, 0.15) is 0 Å². The van der Waals surface area contributed by atoms with Gasteiger partial charge in [0.25, 0.3) is 0 Å². The summed E-state index contributed by atoms with van der Waals surface area (Å²) in [6, 6.07) is 13.9. The van der Waals surface area contributed by atoms with Crippen LogP contribution in [0, 0.1) is 11.8 Å². The molecule has 2 aromatic rings. The summed E-state index contributed by atoms with van der Waals surface area (Å²) in [4.78, 5) is 4.79. The molecule has 1 heterocycles. The molecule has 1 fully saturated rings. The monoisotopic (exact) mass is 489 g/mol. The van der Waals surface area contributed by atoms with Crippen LogP contribution in [0.1, 0.15) is 147 Å². The van der Waals surface area contributed by atoms with Crippen LogP contribution < -0.4 is 0 Å². The van der Waals surface area contributed by atoms with Crippen LogP contribution in [0.2, 0.25) is 0 Å². The molecule has 0 amide bonds. The number of unbranched alkanes of at least 4 members (excludes halogenated alkanes) is 9. The summed E-state index contributed by atoms with van der Waals surface area (Å²) in [6.45, 7) is 6.97. The highest BCUT2D eigenvalue weighted by atomic mass is 14.7. The summed E-state index contributed by atoms with van der Waals surface area (Å²) in [6.07, 6.45) is 27.1. The zero-order valence-electron chi connectivity index (χ0n) is 23.9. The van der Waals surface area contributed by atoms with E-state index < -0.39 is 0 Å². The van der Waals surface area contributed by atoms with Crippen LogP contribution in [0.25, 0.3) is 11.3 Å². The second-order valence-corrected chi connectivity index (χ2v) is 12.1. The molecule has 0 aliphatic heterocycles. The molecule has 0 N–H and O–H groups in total. The molecule has 0 spiro atoms. The first-order valence-corrected chi connectivity index (χ1v) is 15.7. The standard InChI is InChI=1S/C35H55N/c1-4-5-6-7-10-14-17-31-20-27-35(36-28-31)34-25-23-33(24-26-34)32-21-18-30(19-22-32)16-13-11-8-9-12-15-29(2)3/h20,23-30,32H,4-19,21-22H2,1-3H3. The minimum atomic E-state index is 0.763. The molecule has 1 aliphatic carbocycles. The third-order valence-corrected chi connectivity index (χ3v) is 8.56. The molecule has 0 saturated heterocycles. The number of benzene rings is 1. The Balaban J connectivity index is 1.33. The maximum Gasteiger partial charge on any atom is 0.0702 e. The number of nitrogens with zero attached hydrogens (tertiary/aromatic N) is 1. The number of aryl methyl sites for hydroxylation is 1. The fourth-order valence-corrected chi connectivity index (χ4v) is 6.08. The molecule has 1 heteroatoms. The molecule has 1 aliphatic rings. The predicted molar refractivity (Wildman–Crippen MR) is 159 cm³/mol. The summed E-state index contributed by atoms with van der Waals surface area (Å²) >= 11 is 0. The van der Waals surface area contributed by atoms with Crippen LogP contribution in [0.5, 0.6) is 0 Å². The molecular formula is C35H55N. The third-order valence-electron chi connectivity index (χ3n) is 8.56. The van der Waals surface area contributed by atoms with Gasteiger partial charge in [-0.25, -0.2) is 0 Å².